The minimum atomic E-state index is -0.163. The van der Waals surface area contributed by atoms with Gasteiger partial charge in [-0.1, -0.05) is 12.1 Å². The summed E-state index contributed by atoms with van der Waals surface area (Å²) >= 11 is 1.52. The first kappa shape index (κ1) is 17.4. The molecule has 1 N–H and O–H groups in total. The van der Waals surface area contributed by atoms with E-state index in [0.717, 1.165) is 17.0 Å². The third kappa shape index (κ3) is 4.38. The van der Waals surface area contributed by atoms with E-state index < -0.39 is 0 Å². The Bertz CT molecular complexity index is 927. The van der Waals surface area contributed by atoms with Gasteiger partial charge in [-0.2, -0.15) is 0 Å². The normalized spacial score (nSPS) is 12.4. The van der Waals surface area contributed by atoms with Gasteiger partial charge in [-0.25, -0.2) is 4.98 Å². The number of carbonyl (C=O) groups excluding carboxylic acids is 1. The van der Waals surface area contributed by atoms with Gasteiger partial charge in [-0.15, -0.1) is 11.3 Å². The van der Waals surface area contributed by atoms with Crippen LogP contribution in [0.1, 0.15) is 21.6 Å². The largest absolute Gasteiger partial charge is 0.487 e. The van der Waals surface area contributed by atoms with Gasteiger partial charge in [0, 0.05) is 17.5 Å². The van der Waals surface area contributed by atoms with Crippen LogP contribution in [0.4, 0.5) is 0 Å². The van der Waals surface area contributed by atoms with Crippen LogP contribution >= 0.6 is 11.3 Å². The molecule has 0 radical (unpaired) electrons. The fourth-order valence-electron chi connectivity index (χ4n) is 2.68. The number of hydrogen-bond donors (Lipinski definition) is 1. The number of nitrogens with zero attached hydrogens (tertiary/aromatic N) is 1. The van der Waals surface area contributed by atoms with Crippen molar-refractivity contribution in [1.29, 1.82) is 0 Å². The number of nitrogens with one attached hydrogen (secondary N) is 1. The molecule has 1 aliphatic heterocycles. The van der Waals surface area contributed by atoms with Crippen molar-refractivity contribution in [3.63, 3.8) is 0 Å². The van der Waals surface area contributed by atoms with Crippen LogP contribution in [0, 0.1) is 0 Å². The number of rotatable bonds is 6. The lowest BCUT2D eigenvalue weighted by atomic mass is 10.1. The summed E-state index contributed by atoms with van der Waals surface area (Å²) in [4.78, 5) is 16.6. The Kier molecular flexibility index (Phi) is 5.20. The van der Waals surface area contributed by atoms with Gasteiger partial charge in [0.15, 0.2) is 11.5 Å². The number of fused-ring (bicyclic) bond motifs is 1. The summed E-state index contributed by atoms with van der Waals surface area (Å²) in [5, 5.41) is 4.85. The van der Waals surface area contributed by atoms with Crippen molar-refractivity contribution in [2.45, 2.75) is 13.2 Å². The molecule has 27 heavy (non-hydrogen) atoms. The van der Waals surface area contributed by atoms with Crippen LogP contribution in [-0.2, 0) is 13.2 Å². The van der Waals surface area contributed by atoms with E-state index in [2.05, 4.69) is 10.3 Å². The van der Waals surface area contributed by atoms with Gasteiger partial charge in [0.1, 0.15) is 25.6 Å². The quantitative estimate of drug-likeness (QED) is 0.707. The Balaban J connectivity index is 1.36. The van der Waals surface area contributed by atoms with Crippen molar-refractivity contribution in [3.05, 3.63) is 70.2 Å². The molecule has 0 saturated heterocycles. The third-order valence-electron chi connectivity index (χ3n) is 4.03. The highest BCUT2D eigenvalue weighted by Gasteiger charge is 2.12. The minimum Gasteiger partial charge on any atom is -0.487 e. The Morgan fingerprint density at radius 2 is 2.04 bits per heavy atom. The van der Waals surface area contributed by atoms with Crippen LogP contribution in [0.5, 0.6) is 17.2 Å². The predicted molar refractivity (Wildman–Crippen MR) is 101 cm³/mol. The van der Waals surface area contributed by atoms with Crippen LogP contribution in [0.3, 0.4) is 0 Å². The maximum Gasteiger partial charge on any atom is 0.251 e. The van der Waals surface area contributed by atoms with E-state index in [-0.39, 0.29) is 5.91 Å². The summed E-state index contributed by atoms with van der Waals surface area (Å²) in [6, 6.07) is 12.8. The second-order valence-electron chi connectivity index (χ2n) is 5.96. The van der Waals surface area contributed by atoms with E-state index in [0.29, 0.717) is 43.4 Å². The molecule has 0 fully saturated rings. The number of benzene rings is 2. The third-order valence-corrected chi connectivity index (χ3v) is 4.66. The number of amides is 1. The fraction of sp³-hybridized carbons (Fsp3) is 0.200. The highest BCUT2D eigenvalue weighted by atomic mass is 32.1. The summed E-state index contributed by atoms with van der Waals surface area (Å²) in [7, 11) is 0. The molecular formula is C20H18N2O4S. The highest BCUT2D eigenvalue weighted by molar-refractivity contribution is 7.07. The zero-order valence-electron chi connectivity index (χ0n) is 14.5. The lowest BCUT2D eigenvalue weighted by Crippen LogP contribution is -2.23. The first-order valence-electron chi connectivity index (χ1n) is 8.54. The zero-order valence-corrected chi connectivity index (χ0v) is 15.3. The van der Waals surface area contributed by atoms with Gasteiger partial charge >= 0.3 is 0 Å². The molecule has 0 unspecified atom stereocenters. The highest BCUT2D eigenvalue weighted by Crippen LogP contribution is 2.30. The molecule has 2 heterocycles. The van der Waals surface area contributed by atoms with Gasteiger partial charge < -0.3 is 19.5 Å². The molecule has 1 aliphatic rings. The topological polar surface area (TPSA) is 69.7 Å². The Labute approximate surface area is 160 Å². The summed E-state index contributed by atoms with van der Waals surface area (Å²) in [6.45, 7) is 1.88. The van der Waals surface area contributed by atoms with Crippen molar-refractivity contribution in [1.82, 2.24) is 10.3 Å². The average Bonchev–Trinajstić information content (AvgIpc) is 3.24. The first-order valence-corrected chi connectivity index (χ1v) is 9.49. The second kappa shape index (κ2) is 8.09. The number of carbonyl (C=O) groups is 1. The van der Waals surface area contributed by atoms with E-state index in [1.54, 1.807) is 23.7 Å². The molecule has 0 bridgehead atoms. The average molecular weight is 382 g/mol. The molecule has 7 heteroatoms. The van der Waals surface area contributed by atoms with Crippen molar-refractivity contribution in [2.24, 2.45) is 0 Å². The molecule has 3 aromatic rings. The Morgan fingerprint density at radius 3 is 2.89 bits per heavy atom. The van der Waals surface area contributed by atoms with Crippen molar-refractivity contribution < 1.29 is 19.0 Å². The van der Waals surface area contributed by atoms with E-state index in [1.165, 1.54) is 11.3 Å². The molecule has 138 valence electrons. The number of hydrogen-bond acceptors (Lipinski definition) is 6. The summed E-state index contributed by atoms with van der Waals surface area (Å²) in [5.41, 5.74) is 4.13. The lowest BCUT2D eigenvalue weighted by Gasteiger charge is -2.19. The minimum absolute atomic E-state index is 0.163. The van der Waals surface area contributed by atoms with Crippen LogP contribution in [0.2, 0.25) is 0 Å². The van der Waals surface area contributed by atoms with Gasteiger partial charge in [-0.3, -0.25) is 4.79 Å². The maximum atomic E-state index is 12.5. The molecule has 0 saturated carbocycles. The molecule has 1 amide bonds. The Morgan fingerprint density at radius 1 is 1.15 bits per heavy atom. The van der Waals surface area contributed by atoms with Gasteiger partial charge in [0.25, 0.3) is 5.91 Å². The van der Waals surface area contributed by atoms with Crippen molar-refractivity contribution in [3.8, 4) is 17.2 Å². The molecule has 2 aromatic carbocycles. The lowest BCUT2D eigenvalue weighted by molar-refractivity contribution is 0.0950. The van der Waals surface area contributed by atoms with Gasteiger partial charge in [-0.05, 0) is 35.9 Å². The van der Waals surface area contributed by atoms with Gasteiger partial charge in [0.2, 0.25) is 0 Å². The molecule has 4 rings (SSSR count). The fourth-order valence-corrected chi connectivity index (χ4v) is 3.22. The molecule has 1 aromatic heterocycles. The monoisotopic (exact) mass is 382 g/mol. The first-order chi connectivity index (χ1) is 13.3. The van der Waals surface area contributed by atoms with Crippen LogP contribution in [0.15, 0.2) is 53.4 Å². The predicted octanol–water partition coefficient (Wildman–Crippen LogP) is 3.42. The van der Waals surface area contributed by atoms with E-state index >= 15 is 0 Å². The molecule has 0 atom stereocenters. The molecular weight excluding hydrogens is 364 g/mol. The Hall–Kier alpha value is -3.06. The number of ether oxygens (including phenoxy) is 3. The molecule has 0 spiro atoms. The number of thiazole rings is 1. The van der Waals surface area contributed by atoms with Crippen molar-refractivity contribution >= 4 is 17.2 Å². The standard InChI is InChI=1S/C20H18N2O4S/c23-20(21-10-14-4-5-18-19(8-14)25-7-6-24-18)15-2-1-3-17(9-15)26-11-16-12-27-13-22-16/h1-5,8-9,12-13H,6-7,10-11H2,(H,21,23). The summed E-state index contributed by atoms with van der Waals surface area (Å²) < 4.78 is 16.8. The summed E-state index contributed by atoms with van der Waals surface area (Å²) in [5.74, 6) is 1.92. The smallest absolute Gasteiger partial charge is 0.251 e. The molecule has 0 aliphatic carbocycles. The van der Waals surface area contributed by atoms with Gasteiger partial charge in [0.05, 0.1) is 11.2 Å². The van der Waals surface area contributed by atoms with Crippen molar-refractivity contribution in [2.75, 3.05) is 13.2 Å². The summed E-state index contributed by atoms with van der Waals surface area (Å²) in [6.07, 6.45) is 0. The zero-order chi connectivity index (χ0) is 18.5. The van der Waals surface area contributed by atoms with Crippen LogP contribution < -0.4 is 19.5 Å². The van der Waals surface area contributed by atoms with E-state index in [1.807, 2.05) is 29.6 Å². The maximum absolute atomic E-state index is 12.5. The van der Waals surface area contributed by atoms with E-state index in [9.17, 15) is 4.79 Å². The van der Waals surface area contributed by atoms with E-state index in [4.69, 9.17) is 14.2 Å². The SMILES string of the molecule is O=C(NCc1ccc2c(c1)OCCO2)c1cccc(OCc2cscn2)c1. The second-order valence-corrected chi connectivity index (χ2v) is 6.68. The van der Waals surface area contributed by atoms with Crippen LogP contribution in [0.25, 0.3) is 0 Å². The van der Waals surface area contributed by atoms with Crippen LogP contribution in [-0.4, -0.2) is 24.1 Å². The number of aromatic nitrogens is 1. The molecule has 6 nitrogen and oxygen atoms in total.